The normalized spacial score (nSPS) is 23.8. The second-order valence-corrected chi connectivity index (χ2v) is 2.64. The zero-order chi connectivity index (χ0) is 6.04. The lowest BCUT2D eigenvalue weighted by atomic mass is 10.1. The molecule has 0 amide bonds. The summed E-state index contributed by atoms with van der Waals surface area (Å²) in [6.07, 6.45) is 3.49. The summed E-state index contributed by atoms with van der Waals surface area (Å²) in [6, 6.07) is 0. The molecule has 0 saturated heterocycles. The van der Waals surface area contributed by atoms with Crippen LogP contribution in [0.15, 0.2) is 12.5 Å². The fourth-order valence-corrected chi connectivity index (χ4v) is 0.606. The van der Waals surface area contributed by atoms with E-state index in [1.165, 1.54) is 0 Å². The number of nitrogens with one attached hydrogen (secondary N) is 1. The molecule has 0 saturated carbocycles. The van der Waals surface area contributed by atoms with E-state index in [1.807, 2.05) is 6.20 Å². The van der Waals surface area contributed by atoms with E-state index in [2.05, 4.69) is 19.2 Å². The summed E-state index contributed by atoms with van der Waals surface area (Å²) >= 11 is 0. The fourth-order valence-electron chi connectivity index (χ4n) is 0.606. The molecule has 0 aromatic rings. The highest BCUT2D eigenvalue weighted by atomic mass is 16.5. The van der Waals surface area contributed by atoms with Crippen molar-refractivity contribution in [3.05, 3.63) is 12.5 Å². The second-order valence-electron chi connectivity index (χ2n) is 2.64. The SMILES string of the molecule is CC1(C)COC=CN1. The maximum atomic E-state index is 5.04. The third-order valence-corrected chi connectivity index (χ3v) is 1.08. The van der Waals surface area contributed by atoms with E-state index in [9.17, 15) is 0 Å². The quantitative estimate of drug-likeness (QED) is 0.503. The molecule has 0 aromatic carbocycles. The first-order valence-electron chi connectivity index (χ1n) is 2.75. The van der Waals surface area contributed by atoms with Gasteiger partial charge in [0.2, 0.25) is 0 Å². The molecule has 2 nitrogen and oxygen atoms in total. The number of ether oxygens (including phenoxy) is 1. The van der Waals surface area contributed by atoms with Crippen LogP contribution in [0.1, 0.15) is 13.8 Å². The number of hydrogen-bond acceptors (Lipinski definition) is 2. The Morgan fingerprint density at radius 2 is 2.38 bits per heavy atom. The Kier molecular flexibility index (Phi) is 1.16. The Bertz CT molecular complexity index is 107. The highest BCUT2D eigenvalue weighted by Crippen LogP contribution is 2.05. The lowest BCUT2D eigenvalue weighted by Gasteiger charge is -2.27. The van der Waals surface area contributed by atoms with Crippen molar-refractivity contribution in [1.82, 2.24) is 5.32 Å². The Morgan fingerprint density at radius 3 is 2.62 bits per heavy atom. The summed E-state index contributed by atoms with van der Waals surface area (Å²) in [6.45, 7) is 4.94. The van der Waals surface area contributed by atoms with Crippen LogP contribution in [-0.4, -0.2) is 12.1 Å². The predicted octanol–water partition coefficient (Wildman–Crippen LogP) is 0.856. The van der Waals surface area contributed by atoms with Gasteiger partial charge in [0.25, 0.3) is 0 Å². The average Bonchev–Trinajstić information content (AvgIpc) is 1.65. The van der Waals surface area contributed by atoms with Gasteiger partial charge in [0.05, 0.1) is 11.8 Å². The van der Waals surface area contributed by atoms with Crippen LogP contribution < -0.4 is 5.32 Å². The highest BCUT2D eigenvalue weighted by Gasteiger charge is 2.17. The van der Waals surface area contributed by atoms with E-state index in [4.69, 9.17) is 4.74 Å². The van der Waals surface area contributed by atoms with E-state index < -0.39 is 0 Å². The van der Waals surface area contributed by atoms with Crippen molar-refractivity contribution in [2.75, 3.05) is 6.61 Å². The van der Waals surface area contributed by atoms with Gasteiger partial charge in [-0.2, -0.15) is 0 Å². The molecule has 1 aliphatic heterocycles. The topological polar surface area (TPSA) is 21.3 Å². The van der Waals surface area contributed by atoms with Gasteiger partial charge in [-0.1, -0.05) is 0 Å². The first kappa shape index (κ1) is 5.48. The van der Waals surface area contributed by atoms with Crippen molar-refractivity contribution >= 4 is 0 Å². The van der Waals surface area contributed by atoms with Crippen molar-refractivity contribution in [3.63, 3.8) is 0 Å². The van der Waals surface area contributed by atoms with Crippen molar-refractivity contribution in [3.8, 4) is 0 Å². The molecule has 0 aromatic heterocycles. The standard InChI is InChI=1S/C6H11NO/c1-6(2)5-8-4-3-7-6/h3-4,7H,5H2,1-2H3. The molecule has 0 bridgehead atoms. The van der Waals surface area contributed by atoms with Gasteiger partial charge in [0, 0.05) is 6.20 Å². The van der Waals surface area contributed by atoms with Gasteiger partial charge in [-0.25, -0.2) is 0 Å². The molecule has 0 fully saturated rings. The van der Waals surface area contributed by atoms with Crippen LogP contribution in [0.25, 0.3) is 0 Å². The molecular weight excluding hydrogens is 102 g/mol. The molecule has 46 valence electrons. The smallest absolute Gasteiger partial charge is 0.110 e. The molecule has 2 heteroatoms. The van der Waals surface area contributed by atoms with Crippen LogP contribution in [0.3, 0.4) is 0 Å². The van der Waals surface area contributed by atoms with E-state index in [0.29, 0.717) is 0 Å². The summed E-state index contributed by atoms with van der Waals surface area (Å²) in [5.74, 6) is 0. The second kappa shape index (κ2) is 1.69. The van der Waals surface area contributed by atoms with Crippen molar-refractivity contribution in [1.29, 1.82) is 0 Å². The van der Waals surface area contributed by atoms with E-state index in [1.54, 1.807) is 6.26 Å². The molecule has 1 aliphatic rings. The van der Waals surface area contributed by atoms with E-state index in [-0.39, 0.29) is 5.54 Å². The van der Waals surface area contributed by atoms with Crippen molar-refractivity contribution in [2.45, 2.75) is 19.4 Å². The molecule has 0 aliphatic carbocycles. The number of hydrogen-bond donors (Lipinski definition) is 1. The Balaban J connectivity index is 2.50. The maximum absolute atomic E-state index is 5.04. The first-order valence-corrected chi connectivity index (χ1v) is 2.75. The molecule has 0 spiro atoms. The summed E-state index contributed by atoms with van der Waals surface area (Å²) in [4.78, 5) is 0. The Hall–Kier alpha value is -0.660. The summed E-state index contributed by atoms with van der Waals surface area (Å²) < 4.78 is 5.04. The van der Waals surface area contributed by atoms with Crippen LogP contribution >= 0.6 is 0 Å². The highest BCUT2D eigenvalue weighted by molar-refractivity contribution is 4.89. The lowest BCUT2D eigenvalue weighted by Crippen LogP contribution is -2.41. The molecule has 1 N–H and O–H groups in total. The van der Waals surface area contributed by atoms with E-state index >= 15 is 0 Å². The van der Waals surface area contributed by atoms with Crippen LogP contribution in [0.4, 0.5) is 0 Å². The zero-order valence-corrected chi connectivity index (χ0v) is 5.27. The monoisotopic (exact) mass is 113 g/mol. The minimum absolute atomic E-state index is 0.120. The van der Waals surface area contributed by atoms with Gasteiger partial charge in [0.15, 0.2) is 0 Å². The minimum Gasteiger partial charge on any atom is -0.497 e. The molecule has 1 heterocycles. The third kappa shape index (κ3) is 1.15. The fraction of sp³-hybridized carbons (Fsp3) is 0.667. The Labute approximate surface area is 49.5 Å². The lowest BCUT2D eigenvalue weighted by molar-refractivity contribution is 0.152. The zero-order valence-electron chi connectivity index (χ0n) is 5.27. The molecule has 0 atom stereocenters. The molecule has 8 heavy (non-hydrogen) atoms. The Morgan fingerprint density at radius 1 is 1.62 bits per heavy atom. The molecule has 0 radical (unpaired) electrons. The van der Waals surface area contributed by atoms with Gasteiger partial charge < -0.3 is 10.1 Å². The molecular formula is C6H11NO. The molecule has 0 unspecified atom stereocenters. The van der Waals surface area contributed by atoms with Gasteiger partial charge in [-0.15, -0.1) is 0 Å². The third-order valence-electron chi connectivity index (χ3n) is 1.08. The summed E-state index contributed by atoms with van der Waals surface area (Å²) in [5, 5.41) is 3.15. The van der Waals surface area contributed by atoms with Gasteiger partial charge in [-0.3, -0.25) is 0 Å². The minimum atomic E-state index is 0.120. The average molecular weight is 113 g/mol. The van der Waals surface area contributed by atoms with Crippen LogP contribution in [0.2, 0.25) is 0 Å². The van der Waals surface area contributed by atoms with E-state index in [0.717, 1.165) is 6.61 Å². The van der Waals surface area contributed by atoms with Crippen LogP contribution in [-0.2, 0) is 4.74 Å². The maximum Gasteiger partial charge on any atom is 0.110 e. The number of rotatable bonds is 0. The van der Waals surface area contributed by atoms with Gasteiger partial charge in [-0.05, 0) is 13.8 Å². The molecule has 1 rings (SSSR count). The summed E-state index contributed by atoms with van der Waals surface area (Å²) in [5.41, 5.74) is 0.120. The van der Waals surface area contributed by atoms with Gasteiger partial charge in [0.1, 0.15) is 6.61 Å². The first-order chi connectivity index (χ1) is 3.71. The predicted molar refractivity (Wildman–Crippen MR) is 32.3 cm³/mol. The van der Waals surface area contributed by atoms with Gasteiger partial charge >= 0.3 is 0 Å². The van der Waals surface area contributed by atoms with Crippen molar-refractivity contribution in [2.24, 2.45) is 0 Å². The van der Waals surface area contributed by atoms with Crippen LogP contribution in [0.5, 0.6) is 0 Å². The van der Waals surface area contributed by atoms with Crippen molar-refractivity contribution < 1.29 is 4.74 Å². The summed E-state index contributed by atoms with van der Waals surface area (Å²) in [7, 11) is 0. The largest absolute Gasteiger partial charge is 0.497 e. The van der Waals surface area contributed by atoms with Crippen LogP contribution in [0, 0.1) is 0 Å².